The van der Waals surface area contributed by atoms with E-state index in [1.54, 1.807) is 6.92 Å². The number of hydrogen-bond acceptors (Lipinski definition) is 6. The minimum atomic E-state index is -3.82. The first-order valence-electron chi connectivity index (χ1n) is 6.01. The van der Waals surface area contributed by atoms with Gasteiger partial charge in [-0.1, -0.05) is 47.2 Å². The number of aromatic nitrogens is 2. The molecule has 0 aliphatic carbocycles. The molecule has 0 aliphatic rings. The van der Waals surface area contributed by atoms with Crippen molar-refractivity contribution in [3.63, 3.8) is 0 Å². The number of primary sulfonamides is 1. The van der Waals surface area contributed by atoms with Gasteiger partial charge in [0.15, 0.2) is 0 Å². The summed E-state index contributed by atoms with van der Waals surface area (Å²) in [6.07, 6.45) is 3.74. The predicted octanol–water partition coefficient (Wildman–Crippen LogP) is 2.30. The van der Waals surface area contributed by atoms with E-state index in [4.69, 9.17) is 5.14 Å². The fraction of sp³-hybridized carbons (Fsp3) is 0.154. The van der Waals surface area contributed by atoms with Crippen LogP contribution in [0.1, 0.15) is 18.1 Å². The second kappa shape index (κ2) is 6.25. The van der Waals surface area contributed by atoms with Crippen LogP contribution in [0, 0.1) is 6.92 Å². The van der Waals surface area contributed by atoms with E-state index in [-0.39, 0.29) is 9.47 Å². The number of allylic oxidation sites excluding steroid dienone is 1. The number of benzene rings is 1. The van der Waals surface area contributed by atoms with Crippen LogP contribution in [0.3, 0.4) is 0 Å². The lowest BCUT2D eigenvalue weighted by atomic mass is 10.1. The Balaban J connectivity index is 2.14. The highest BCUT2D eigenvalue weighted by Crippen LogP contribution is 2.21. The number of hydrogen-bond donors (Lipinski definition) is 1. The Morgan fingerprint density at radius 1 is 1.29 bits per heavy atom. The molecule has 0 atom stereocenters. The molecule has 0 unspecified atom stereocenters. The molecule has 1 heterocycles. The SMILES string of the molecule is CC(C=Cc1ccc(C)cc1)=Nc1nnc(S(N)(=O)=O)s1. The van der Waals surface area contributed by atoms with Crippen molar-refractivity contribution in [1.29, 1.82) is 0 Å². The summed E-state index contributed by atoms with van der Waals surface area (Å²) in [4.78, 5) is 4.18. The van der Waals surface area contributed by atoms with Crippen molar-refractivity contribution in [2.24, 2.45) is 10.1 Å². The topological polar surface area (TPSA) is 98.3 Å². The molecule has 0 spiro atoms. The van der Waals surface area contributed by atoms with Gasteiger partial charge in [-0.15, -0.1) is 10.2 Å². The average molecular weight is 322 g/mol. The average Bonchev–Trinajstić information content (AvgIpc) is 2.86. The van der Waals surface area contributed by atoms with Gasteiger partial charge < -0.3 is 0 Å². The fourth-order valence-electron chi connectivity index (χ4n) is 1.45. The zero-order valence-electron chi connectivity index (χ0n) is 11.5. The number of aryl methyl sites for hydroxylation is 1. The van der Waals surface area contributed by atoms with E-state index in [0.717, 1.165) is 16.9 Å². The Hall–Kier alpha value is -1.90. The molecule has 6 nitrogen and oxygen atoms in total. The number of nitrogens with zero attached hydrogens (tertiary/aromatic N) is 3. The monoisotopic (exact) mass is 322 g/mol. The molecule has 1 aromatic heterocycles. The second-order valence-corrected chi connectivity index (χ2v) is 7.08. The van der Waals surface area contributed by atoms with Crippen LogP contribution >= 0.6 is 11.3 Å². The first-order valence-corrected chi connectivity index (χ1v) is 8.37. The minimum Gasteiger partial charge on any atom is -0.223 e. The van der Waals surface area contributed by atoms with Gasteiger partial charge in [0.25, 0.3) is 10.0 Å². The van der Waals surface area contributed by atoms with Gasteiger partial charge in [-0.25, -0.2) is 18.5 Å². The summed E-state index contributed by atoms with van der Waals surface area (Å²) in [5.74, 6) is 0. The van der Waals surface area contributed by atoms with Gasteiger partial charge in [-0.2, -0.15) is 0 Å². The smallest absolute Gasteiger partial charge is 0.223 e. The third-order valence-corrected chi connectivity index (χ3v) is 4.63. The van der Waals surface area contributed by atoms with Crippen LogP contribution in [0.4, 0.5) is 5.13 Å². The van der Waals surface area contributed by atoms with Gasteiger partial charge in [-0.05, 0) is 25.5 Å². The minimum absolute atomic E-state index is 0.239. The van der Waals surface area contributed by atoms with Crippen LogP contribution < -0.4 is 5.14 Å². The highest BCUT2D eigenvalue weighted by molar-refractivity contribution is 7.91. The lowest BCUT2D eigenvalue weighted by Crippen LogP contribution is -2.11. The molecule has 2 N–H and O–H groups in total. The first kappa shape index (κ1) is 15.5. The van der Waals surface area contributed by atoms with E-state index in [0.29, 0.717) is 5.71 Å². The van der Waals surface area contributed by atoms with Crippen molar-refractivity contribution < 1.29 is 8.42 Å². The van der Waals surface area contributed by atoms with Gasteiger partial charge in [0.1, 0.15) is 0 Å². The molecule has 1 aromatic carbocycles. The summed E-state index contributed by atoms with van der Waals surface area (Å²) in [6, 6.07) is 8.05. The Morgan fingerprint density at radius 2 is 1.95 bits per heavy atom. The summed E-state index contributed by atoms with van der Waals surface area (Å²) >= 11 is 0.835. The summed E-state index contributed by atoms with van der Waals surface area (Å²) in [7, 11) is -3.82. The van der Waals surface area contributed by atoms with Crippen LogP contribution in [0.25, 0.3) is 6.08 Å². The van der Waals surface area contributed by atoms with Gasteiger partial charge in [0.05, 0.1) is 0 Å². The van der Waals surface area contributed by atoms with E-state index >= 15 is 0 Å². The van der Waals surface area contributed by atoms with Crippen molar-refractivity contribution in [2.45, 2.75) is 18.2 Å². The normalized spacial score (nSPS) is 13.0. The summed E-state index contributed by atoms with van der Waals surface area (Å²) < 4.78 is 21.9. The molecule has 0 amide bonds. The quantitative estimate of drug-likeness (QED) is 0.873. The van der Waals surface area contributed by atoms with E-state index < -0.39 is 10.0 Å². The number of nitrogens with two attached hydrogens (primary N) is 1. The fourth-order valence-corrected chi connectivity index (χ4v) is 2.80. The van der Waals surface area contributed by atoms with Gasteiger partial charge in [-0.3, -0.25) is 0 Å². The Kier molecular flexibility index (Phi) is 4.61. The second-order valence-electron chi connectivity index (χ2n) is 4.39. The molecule has 0 aliphatic heterocycles. The van der Waals surface area contributed by atoms with Crippen LogP contribution in [0.5, 0.6) is 0 Å². The molecular formula is C13H14N4O2S2. The molecule has 8 heteroatoms. The Labute approximate surface area is 127 Å². The third kappa shape index (κ3) is 4.55. The molecule has 21 heavy (non-hydrogen) atoms. The predicted molar refractivity (Wildman–Crippen MR) is 84.3 cm³/mol. The molecular weight excluding hydrogens is 308 g/mol. The number of aliphatic imine (C=N–C) groups is 1. The van der Waals surface area contributed by atoms with Gasteiger partial charge >= 0.3 is 0 Å². The molecule has 2 rings (SSSR count). The lowest BCUT2D eigenvalue weighted by molar-refractivity contribution is 0.596. The molecule has 0 fully saturated rings. The van der Waals surface area contributed by atoms with Gasteiger partial charge in [0.2, 0.25) is 9.47 Å². The van der Waals surface area contributed by atoms with Crippen molar-refractivity contribution in [2.75, 3.05) is 0 Å². The summed E-state index contributed by atoms with van der Waals surface area (Å²) in [6.45, 7) is 3.82. The van der Waals surface area contributed by atoms with Crippen LogP contribution in [0.2, 0.25) is 0 Å². The Morgan fingerprint density at radius 3 is 2.52 bits per heavy atom. The molecule has 0 bridgehead atoms. The lowest BCUT2D eigenvalue weighted by Gasteiger charge is -1.94. The van der Waals surface area contributed by atoms with Crippen molar-refractivity contribution in [3.8, 4) is 0 Å². The van der Waals surface area contributed by atoms with Crippen molar-refractivity contribution >= 4 is 38.3 Å². The maximum absolute atomic E-state index is 11.1. The first-order chi connectivity index (χ1) is 9.84. The number of rotatable bonds is 4. The van der Waals surface area contributed by atoms with E-state index in [2.05, 4.69) is 15.2 Å². The molecule has 110 valence electrons. The van der Waals surface area contributed by atoms with E-state index in [9.17, 15) is 8.42 Å². The van der Waals surface area contributed by atoms with Crippen molar-refractivity contribution in [1.82, 2.24) is 10.2 Å². The third-order valence-electron chi connectivity index (χ3n) is 2.51. The zero-order chi connectivity index (χ0) is 15.5. The number of sulfonamides is 1. The summed E-state index contributed by atoms with van der Waals surface area (Å²) in [5.41, 5.74) is 2.94. The summed E-state index contributed by atoms with van der Waals surface area (Å²) in [5, 5.41) is 12.4. The van der Waals surface area contributed by atoms with Crippen LogP contribution in [-0.2, 0) is 10.0 Å². The highest BCUT2D eigenvalue weighted by Gasteiger charge is 2.14. The van der Waals surface area contributed by atoms with Crippen molar-refractivity contribution in [3.05, 3.63) is 41.5 Å². The molecule has 0 radical (unpaired) electrons. The zero-order valence-corrected chi connectivity index (χ0v) is 13.1. The molecule has 0 saturated carbocycles. The van der Waals surface area contributed by atoms with E-state index in [1.165, 1.54) is 5.56 Å². The largest absolute Gasteiger partial charge is 0.267 e. The highest BCUT2D eigenvalue weighted by atomic mass is 32.2. The molecule has 2 aromatic rings. The van der Waals surface area contributed by atoms with E-state index in [1.807, 2.05) is 43.3 Å². The standard InChI is InChI=1S/C13H14N4O2S2/c1-9-3-6-11(7-4-9)8-5-10(2)15-12-16-17-13(20-12)21(14,18)19/h3-8H,1-2H3,(H2,14,18,19). The maximum atomic E-state index is 11.1. The molecule has 0 saturated heterocycles. The van der Waals surface area contributed by atoms with Crippen LogP contribution in [0.15, 0.2) is 39.7 Å². The Bertz CT molecular complexity index is 790. The maximum Gasteiger partial charge on any atom is 0.267 e. The van der Waals surface area contributed by atoms with Gasteiger partial charge in [0, 0.05) is 5.71 Å². The van der Waals surface area contributed by atoms with Crippen LogP contribution in [-0.4, -0.2) is 24.3 Å².